The van der Waals surface area contributed by atoms with Crippen LogP contribution in [0.2, 0.25) is 0 Å². The minimum absolute atomic E-state index is 0.0286. The summed E-state index contributed by atoms with van der Waals surface area (Å²) in [4.78, 5) is 51.7. The molecule has 9 heteroatoms. The van der Waals surface area contributed by atoms with Gasteiger partial charge in [-0.25, -0.2) is 4.79 Å². The van der Waals surface area contributed by atoms with Crippen molar-refractivity contribution in [3.8, 4) is 0 Å². The lowest BCUT2D eigenvalue weighted by atomic mass is 9.97. The fourth-order valence-electron chi connectivity index (χ4n) is 3.22. The van der Waals surface area contributed by atoms with Crippen molar-refractivity contribution in [3.63, 3.8) is 0 Å². The summed E-state index contributed by atoms with van der Waals surface area (Å²) in [6.45, 7) is 12.5. The Balaban J connectivity index is 3.31. The van der Waals surface area contributed by atoms with E-state index in [0.717, 1.165) is 5.56 Å². The van der Waals surface area contributed by atoms with E-state index < -0.39 is 41.1 Å². The second-order valence-corrected chi connectivity index (χ2v) is 10.2. The van der Waals surface area contributed by atoms with Gasteiger partial charge < -0.3 is 26.0 Å². The van der Waals surface area contributed by atoms with E-state index in [2.05, 4.69) is 10.6 Å². The zero-order valence-corrected chi connectivity index (χ0v) is 20.9. The van der Waals surface area contributed by atoms with Crippen LogP contribution in [0.1, 0.15) is 71.6 Å². The fraction of sp³-hybridized carbons (Fsp3) is 0.583. The summed E-state index contributed by atoms with van der Waals surface area (Å²) in [5.74, 6) is -1.51. The highest BCUT2D eigenvalue weighted by Gasteiger charge is 2.35. The molecule has 1 rings (SSSR count). The molecule has 0 aliphatic heterocycles. The van der Waals surface area contributed by atoms with E-state index in [1.165, 1.54) is 11.9 Å². The third kappa shape index (κ3) is 9.51. The molecule has 2 atom stereocenters. The number of nitrogens with one attached hydrogen (secondary N) is 2. The Morgan fingerprint density at radius 3 is 2.12 bits per heavy atom. The zero-order valence-electron chi connectivity index (χ0n) is 20.9. The number of carbonyl (C=O) groups excluding carboxylic acids is 4. The monoisotopic (exact) mass is 462 g/mol. The minimum Gasteiger partial charge on any atom is -0.444 e. The first-order chi connectivity index (χ1) is 15.0. The van der Waals surface area contributed by atoms with Crippen molar-refractivity contribution >= 4 is 23.8 Å². The predicted molar refractivity (Wildman–Crippen MR) is 126 cm³/mol. The number of likely N-dealkylation sites (N-methyl/N-ethyl adjacent to an activating group) is 1. The van der Waals surface area contributed by atoms with Gasteiger partial charge in [0.25, 0.3) is 0 Å². The number of ether oxygens (including phenoxy) is 1. The quantitative estimate of drug-likeness (QED) is 0.546. The van der Waals surface area contributed by atoms with E-state index in [1.54, 1.807) is 32.9 Å². The standard InChI is InChI=1S/C24H38N4O5/c1-15-11-9-10-12-16(15)19(20(30)27-23(2,3)4)28(8)21(31)17(13-14-18(25)29)26-22(32)33-24(5,6)7/h9-12,17,19H,13-14H2,1-8H3,(H2,25,29)(H,26,32)(H,27,30). The van der Waals surface area contributed by atoms with E-state index >= 15 is 0 Å². The molecule has 0 aliphatic carbocycles. The molecule has 0 aromatic heterocycles. The van der Waals surface area contributed by atoms with Crippen LogP contribution in [0, 0.1) is 6.92 Å². The average Bonchev–Trinajstić information content (AvgIpc) is 2.63. The highest BCUT2D eigenvalue weighted by molar-refractivity contribution is 5.92. The van der Waals surface area contributed by atoms with Gasteiger partial charge in [-0.2, -0.15) is 0 Å². The topological polar surface area (TPSA) is 131 Å². The molecule has 0 radical (unpaired) electrons. The van der Waals surface area contributed by atoms with E-state index in [-0.39, 0.29) is 18.7 Å². The molecule has 0 saturated carbocycles. The van der Waals surface area contributed by atoms with Gasteiger partial charge in [-0.05, 0) is 66.0 Å². The molecular weight excluding hydrogens is 424 g/mol. The fourth-order valence-corrected chi connectivity index (χ4v) is 3.22. The van der Waals surface area contributed by atoms with Crippen LogP contribution < -0.4 is 16.4 Å². The van der Waals surface area contributed by atoms with E-state index in [1.807, 2.05) is 39.8 Å². The average molecular weight is 463 g/mol. The van der Waals surface area contributed by atoms with Gasteiger partial charge in [0, 0.05) is 19.0 Å². The van der Waals surface area contributed by atoms with Crippen LogP contribution in [0.15, 0.2) is 24.3 Å². The molecular formula is C24H38N4O5. The number of benzene rings is 1. The molecule has 4 amide bonds. The zero-order chi connectivity index (χ0) is 25.6. The number of nitrogens with zero attached hydrogens (tertiary/aromatic N) is 1. The minimum atomic E-state index is -1.11. The van der Waals surface area contributed by atoms with Crippen molar-refractivity contribution in [1.29, 1.82) is 0 Å². The van der Waals surface area contributed by atoms with Crippen molar-refractivity contribution in [3.05, 3.63) is 35.4 Å². The molecule has 0 bridgehead atoms. The number of carbonyl (C=O) groups is 4. The Morgan fingerprint density at radius 1 is 1.06 bits per heavy atom. The Kier molecular flexibility index (Phi) is 9.45. The number of primary amides is 1. The summed E-state index contributed by atoms with van der Waals surface area (Å²) >= 11 is 0. The lowest BCUT2D eigenvalue weighted by molar-refractivity contribution is -0.141. The van der Waals surface area contributed by atoms with Crippen LogP contribution in [0.25, 0.3) is 0 Å². The number of amides is 4. The summed E-state index contributed by atoms with van der Waals surface area (Å²) in [7, 11) is 1.50. The lowest BCUT2D eigenvalue weighted by Crippen LogP contribution is -2.53. The maximum atomic E-state index is 13.5. The molecule has 0 heterocycles. The van der Waals surface area contributed by atoms with Crippen LogP contribution in [0.5, 0.6) is 0 Å². The summed E-state index contributed by atoms with van der Waals surface area (Å²) in [5, 5.41) is 5.45. The SMILES string of the molecule is Cc1ccccc1C(C(=O)NC(C)(C)C)N(C)C(=O)C(CCC(N)=O)NC(=O)OC(C)(C)C. The molecule has 1 aromatic rings. The van der Waals surface area contributed by atoms with Crippen molar-refractivity contribution in [1.82, 2.24) is 15.5 Å². The smallest absolute Gasteiger partial charge is 0.408 e. The first kappa shape index (κ1) is 27.9. The molecule has 0 aliphatic rings. The molecule has 2 unspecified atom stereocenters. The van der Waals surface area contributed by atoms with Crippen LogP contribution in [-0.2, 0) is 19.1 Å². The molecule has 33 heavy (non-hydrogen) atoms. The van der Waals surface area contributed by atoms with E-state index in [9.17, 15) is 19.2 Å². The van der Waals surface area contributed by atoms with Gasteiger partial charge in [-0.15, -0.1) is 0 Å². The second kappa shape index (κ2) is 11.2. The van der Waals surface area contributed by atoms with Crippen LogP contribution in [0.3, 0.4) is 0 Å². The maximum absolute atomic E-state index is 13.5. The molecule has 0 spiro atoms. The number of rotatable bonds is 8. The van der Waals surface area contributed by atoms with Crippen molar-refractivity contribution in [2.45, 2.75) is 84.5 Å². The summed E-state index contributed by atoms with van der Waals surface area (Å²) < 4.78 is 5.27. The summed E-state index contributed by atoms with van der Waals surface area (Å²) in [5.41, 5.74) is 5.45. The number of aryl methyl sites for hydroxylation is 1. The molecule has 184 valence electrons. The Hall–Kier alpha value is -3.10. The van der Waals surface area contributed by atoms with Gasteiger partial charge in [-0.1, -0.05) is 24.3 Å². The van der Waals surface area contributed by atoms with Crippen molar-refractivity contribution < 1.29 is 23.9 Å². The highest BCUT2D eigenvalue weighted by Crippen LogP contribution is 2.25. The first-order valence-corrected chi connectivity index (χ1v) is 10.9. The van der Waals surface area contributed by atoms with Gasteiger partial charge >= 0.3 is 6.09 Å². The predicted octanol–water partition coefficient (Wildman–Crippen LogP) is 2.57. The molecule has 4 N–H and O–H groups in total. The first-order valence-electron chi connectivity index (χ1n) is 10.9. The molecule has 0 saturated heterocycles. The molecule has 9 nitrogen and oxygen atoms in total. The van der Waals surface area contributed by atoms with Gasteiger partial charge in [-0.3, -0.25) is 14.4 Å². The third-order valence-electron chi connectivity index (χ3n) is 4.63. The summed E-state index contributed by atoms with van der Waals surface area (Å²) in [6.07, 6.45) is -0.951. The second-order valence-electron chi connectivity index (χ2n) is 10.2. The summed E-state index contributed by atoms with van der Waals surface area (Å²) in [6, 6.07) is 5.22. The maximum Gasteiger partial charge on any atom is 0.408 e. The van der Waals surface area contributed by atoms with Crippen LogP contribution in [-0.4, -0.2) is 52.9 Å². The number of alkyl carbamates (subject to hydrolysis) is 1. The van der Waals surface area contributed by atoms with Crippen molar-refractivity contribution in [2.75, 3.05) is 7.05 Å². The van der Waals surface area contributed by atoms with Gasteiger partial charge in [0.15, 0.2) is 0 Å². The van der Waals surface area contributed by atoms with Gasteiger partial charge in [0.2, 0.25) is 17.7 Å². The Labute approximate surface area is 196 Å². The van der Waals surface area contributed by atoms with Gasteiger partial charge in [0.05, 0.1) is 0 Å². The van der Waals surface area contributed by atoms with Crippen molar-refractivity contribution in [2.24, 2.45) is 5.73 Å². The molecule has 0 fully saturated rings. The Bertz CT molecular complexity index is 870. The molecule has 1 aromatic carbocycles. The Morgan fingerprint density at radius 2 is 1.64 bits per heavy atom. The number of hydrogen-bond donors (Lipinski definition) is 3. The van der Waals surface area contributed by atoms with E-state index in [4.69, 9.17) is 10.5 Å². The number of hydrogen-bond acceptors (Lipinski definition) is 5. The third-order valence-corrected chi connectivity index (χ3v) is 4.63. The normalized spacial score (nSPS) is 13.5. The van der Waals surface area contributed by atoms with Gasteiger partial charge in [0.1, 0.15) is 17.7 Å². The van der Waals surface area contributed by atoms with E-state index in [0.29, 0.717) is 5.56 Å². The van der Waals surface area contributed by atoms with Crippen LogP contribution >= 0.6 is 0 Å². The lowest BCUT2D eigenvalue weighted by Gasteiger charge is -2.34. The van der Waals surface area contributed by atoms with Crippen LogP contribution in [0.4, 0.5) is 4.79 Å². The highest BCUT2D eigenvalue weighted by atomic mass is 16.6. The largest absolute Gasteiger partial charge is 0.444 e. The number of nitrogens with two attached hydrogens (primary N) is 1.